The standard InChI is InChI=1S/C12H19AsN4O3S2/c18-5-9-6-21-13(22-9)7-1-3-8(4-2-7)14-10-15-11(19)17-12(20)16-10/h7-9,18H,1-6H2,(H3,14,15,16,17,19,20). The summed E-state index contributed by atoms with van der Waals surface area (Å²) < 4.78 is 0.822. The van der Waals surface area contributed by atoms with E-state index in [1.54, 1.807) is 0 Å². The van der Waals surface area contributed by atoms with Crippen LogP contribution < -0.4 is 16.7 Å². The molecule has 0 spiro atoms. The summed E-state index contributed by atoms with van der Waals surface area (Å²) in [5, 5.41) is 12.9. The van der Waals surface area contributed by atoms with E-state index < -0.39 is 23.7 Å². The second-order valence-corrected chi connectivity index (χ2v) is 17.9. The first-order valence-corrected chi connectivity index (χ1v) is 14.8. The number of nitrogens with one attached hydrogen (secondary N) is 3. The van der Waals surface area contributed by atoms with Crippen LogP contribution in [0.25, 0.3) is 0 Å². The minimum absolute atomic E-state index is 0.264. The van der Waals surface area contributed by atoms with Gasteiger partial charge in [0, 0.05) is 0 Å². The van der Waals surface area contributed by atoms with Gasteiger partial charge in [0.15, 0.2) is 0 Å². The number of rotatable bonds is 4. The van der Waals surface area contributed by atoms with Crippen LogP contribution in [-0.4, -0.2) is 56.0 Å². The molecule has 2 unspecified atom stereocenters. The Hall–Kier alpha value is -0.372. The van der Waals surface area contributed by atoms with Crippen molar-refractivity contribution in [2.75, 3.05) is 17.7 Å². The van der Waals surface area contributed by atoms with Crippen LogP contribution in [0, 0.1) is 0 Å². The number of hydrogen-bond donors (Lipinski definition) is 4. The molecule has 0 aromatic carbocycles. The van der Waals surface area contributed by atoms with Gasteiger partial charge in [-0.1, -0.05) is 0 Å². The Morgan fingerprint density at radius 1 is 1.27 bits per heavy atom. The summed E-state index contributed by atoms with van der Waals surface area (Å²) in [5.41, 5.74) is -1.15. The van der Waals surface area contributed by atoms with Crippen LogP contribution in [0.2, 0.25) is 4.71 Å². The number of anilines is 1. The third-order valence-electron chi connectivity index (χ3n) is 3.85. The van der Waals surface area contributed by atoms with E-state index >= 15 is 0 Å². The summed E-state index contributed by atoms with van der Waals surface area (Å²) in [5.74, 6) is 1.37. The minimum atomic E-state index is -0.921. The van der Waals surface area contributed by atoms with Crippen LogP contribution in [0.15, 0.2) is 9.59 Å². The van der Waals surface area contributed by atoms with E-state index in [0.29, 0.717) is 11.9 Å². The zero-order valence-electron chi connectivity index (χ0n) is 11.9. The fourth-order valence-electron chi connectivity index (χ4n) is 2.73. The fourth-order valence-corrected chi connectivity index (χ4v) is 20.8. The quantitative estimate of drug-likeness (QED) is 0.540. The van der Waals surface area contributed by atoms with Crippen molar-refractivity contribution >= 4 is 38.3 Å². The van der Waals surface area contributed by atoms with Gasteiger partial charge in [0.2, 0.25) is 0 Å². The van der Waals surface area contributed by atoms with E-state index in [9.17, 15) is 14.7 Å². The van der Waals surface area contributed by atoms with E-state index in [1.165, 1.54) is 12.8 Å². The molecule has 1 aromatic heterocycles. The van der Waals surface area contributed by atoms with E-state index in [0.717, 1.165) is 23.3 Å². The molecular formula is C12H19AsN4O3S2. The molecule has 1 aliphatic carbocycles. The van der Waals surface area contributed by atoms with E-state index in [-0.39, 0.29) is 12.0 Å². The summed E-state index contributed by atoms with van der Waals surface area (Å²) in [6.07, 6.45) is 4.45. The molecule has 0 amide bonds. The molecule has 22 heavy (non-hydrogen) atoms. The van der Waals surface area contributed by atoms with Crippen molar-refractivity contribution in [3.8, 4) is 0 Å². The first-order chi connectivity index (χ1) is 10.6. The average Bonchev–Trinajstić information content (AvgIpc) is 2.96. The van der Waals surface area contributed by atoms with Crippen molar-refractivity contribution in [1.29, 1.82) is 0 Å². The molecule has 0 bridgehead atoms. The summed E-state index contributed by atoms with van der Waals surface area (Å²) >= 11 is -0.921. The van der Waals surface area contributed by atoms with Gasteiger partial charge in [-0.25, -0.2) is 0 Å². The third kappa shape index (κ3) is 4.13. The number of aliphatic hydroxyl groups is 1. The van der Waals surface area contributed by atoms with Gasteiger partial charge in [-0.2, -0.15) is 0 Å². The van der Waals surface area contributed by atoms with Gasteiger partial charge >= 0.3 is 139 Å². The Labute approximate surface area is 138 Å². The van der Waals surface area contributed by atoms with E-state index in [2.05, 4.69) is 40.3 Å². The number of aromatic amines is 2. The Morgan fingerprint density at radius 2 is 2.05 bits per heavy atom. The maximum atomic E-state index is 11.2. The maximum absolute atomic E-state index is 11.2. The van der Waals surface area contributed by atoms with Gasteiger partial charge in [-0.05, 0) is 0 Å². The number of nitrogens with zero attached hydrogens (tertiary/aromatic N) is 1. The Bertz CT molecular complexity index is 589. The number of aromatic nitrogens is 3. The summed E-state index contributed by atoms with van der Waals surface area (Å²) in [4.78, 5) is 30.7. The van der Waals surface area contributed by atoms with Crippen molar-refractivity contribution in [3.05, 3.63) is 21.0 Å². The van der Waals surface area contributed by atoms with Crippen LogP contribution >= 0.6 is 20.0 Å². The van der Waals surface area contributed by atoms with Gasteiger partial charge in [-0.15, -0.1) is 0 Å². The van der Waals surface area contributed by atoms with Crippen LogP contribution in [0.1, 0.15) is 25.7 Å². The third-order valence-corrected chi connectivity index (χ3v) is 19.8. The average molecular weight is 406 g/mol. The Balaban J connectivity index is 1.51. The number of H-pyrrole nitrogens is 2. The van der Waals surface area contributed by atoms with Crippen molar-refractivity contribution < 1.29 is 5.11 Å². The zero-order chi connectivity index (χ0) is 15.5. The molecule has 0 radical (unpaired) electrons. The SMILES string of the molecule is O=c1nc(NC2CCC([As]3SCC(CO)S3)CC2)[nH]c(=O)[nH]1. The van der Waals surface area contributed by atoms with E-state index in [1.807, 2.05) is 0 Å². The zero-order valence-corrected chi connectivity index (χ0v) is 15.5. The first-order valence-electron chi connectivity index (χ1n) is 7.31. The Kier molecular flexibility index (Phi) is 5.59. The summed E-state index contributed by atoms with van der Waals surface area (Å²) in [7, 11) is 4.17. The molecule has 4 N–H and O–H groups in total. The molecule has 122 valence electrons. The van der Waals surface area contributed by atoms with Gasteiger partial charge in [0.1, 0.15) is 0 Å². The second-order valence-electron chi connectivity index (χ2n) is 5.49. The monoisotopic (exact) mass is 406 g/mol. The number of hydrogen-bond acceptors (Lipinski definition) is 7. The van der Waals surface area contributed by atoms with Crippen LogP contribution in [0.4, 0.5) is 5.95 Å². The predicted molar refractivity (Wildman–Crippen MR) is 91.8 cm³/mol. The molecule has 2 heterocycles. The van der Waals surface area contributed by atoms with Crippen LogP contribution in [0.5, 0.6) is 0 Å². The fraction of sp³-hybridized carbons (Fsp3) is 0.750. The van der Waals surface area contributed by atoms with E-state index in [4.69, 9.17) is 0 Å². The summed E-state index contributed by atoms with van der Waals surface area (Å²) in [6, 6.07) is 0.265. The van der Waals surface area contributed by atoms with Crippen molar-refractivity contribution in [1.82, 2.24) is 15.0 Å². The molecular weight excluding hydrogens is 387 g/mol. The molecule has 3 rings (SSSR count). The van der Waals surface area contributed by atoms with Gasteiger partial charge < -0.3 is 0 Å². The molecule has 10 heteroatoms. The topological polar surface area (TPSA) is 111 Å². The second kappa shape index (κ2) is 7.47. The molecule has 1 aliphatic heterocycles. The molecule has 1 saturated heterocycles. The summed E-state index contributed by atoms with van der Waals surface area (Å²) in [6.45, 7) is 0.307. The van der Waals surface area contributed by atoms with Crippen LogP contribution in [0.3, 0.4) is 0 Å². The van der Waals surface area contributed by atoms with Crippen molar-refractivity contribution in [2.24, 2.45) is 0 Å². The molecule has 2 atom stereocenters. The molecule has 2 aliphatic rings. The molecule has 7 nitrogen and oxygen atoms in total. The van der Waals surface area contributed by atoms with Crippen molar-refractivity contribution in [3.63, 3.8) is 0 Å². The molecule has 2 fully saturated rings. The van der Waals surface area contributed by atoms with Crippen molar-refractivity contribution in [2.45, 2.75) is 41.7 Å². The van der Waals surface area contributed by atoms with Gasteiger partial charge in [0.05, 0.1) is 0 Å². The van der Waals surface area contributed by atoms with Gasteiger partial charge in [0.25, 0.3) is 0 Å². The number of aliphatic hydroxyl groups excluding tert-OH is 1. The van der Waals surface area contributed by atoms with Gasteiger partial charge in [-0.3, -0.25) is 0 Å². The molecule has 1 aromatic rings. The predicted octanol–water partition coefficient (Wildman–Crippen LogP) is 0.512. The molecule has 1 saturated carbocycles. The normalized spacial score (nSPS) is 32.0. The Morgan fingerprint density at radius 3 is 2.68 bits per heavy atom. The van der Waals surface area contributed by atoms with Crippen LogP contribution in [-0.2, 0) is 0 Å². The first kappa shape index (κ1) is 16.5.